The van der Waals surface area contributed by atoms with Crippen molar-refractivity contribution in [1.82, 2.24) is 14.9 Å². The number of hydrogen-bond acceptors (Lipinski definition) is 7. The summed E-state index contributed by atoms with van der Waals surface area (Å²) in [6.07, 6.45) is 4.45. The summed E-state index contributed by atoms with van der Waals surface area (Å²) in [6, 6.07) is 11.1. The van der Waals surface area contributed by atoms with E-state index in [1.807, 2.05) is 24.0 Å². The van der Waals surface area contributed by atoms with Gasteiger partial charge < -0.3 is 20.5 Å². The van der Waals surface area contributed by atoms with E-state index in [0.717, 1.165) is 53.4 Å². The number of hydrogen-bond donors (Lipinski definition) is 2. The van der Waals surface area contributed by atoms with Crippen LogP contribution in [0.25, 0.3) is 10.9 Å². The Hall–Kier alpha value is -3.54. The lowest BCUT2D eigenvalue weighted by atomic mass is 9.87. The number of anilines is 1. The van der Waals surface area contributed by atoms with E-state index >= 15 is 0 Å². The van der Waals surface area contributed by atoms with Crippen LogP contribution in [0.2, 0.25) is 0 Å². The average molecular weight is 472 g/mol. The van der Waals surface area contributed by atoms with Crippen LogP contribution >= 0.6 is 0 Å². The number of nitriles is 1. The molecule has 3 N–H and O–H groups in total. The number of nitrogens with zero attached hydrogens (tertiary/aromatic N) is 4. The third-order valence-corrected chi connectivity index (χ3v) is 7.18. The van der Waals surface area contributed by atoms with E-state index in [1.54, 1.807) is 18.2 Å². The standard InChI is InChI=1S/C27H29N5O3/c1-16-25-23(15-35-16)22-10-19(5-9-24(22)31-26(25)29)27(34)32(13-17-3-7-21(33)8-4-17)14-20-6-2-18(11-28)12-30-20/h2,5-6,9-10,12,16-17,21,33H,3-4,7-8,13-15H2,1H3,(H2,29,31). The van der Waals surface area contributed by atoms with E-state index < -0.39 is 0 Å². The number of fused-ring (bicyclic) bond motifs is 3. The van der Waals surface area contributed by atoms with Gasteiger partial charge in [-0.2, -0.15) is 5.26 Å². The number of aliphatic hydroxyl groups excluding tert-OH is 1. The summed E-state index contributed by atoms with van der Waals surface area (Å²) >= 11 is 0. The molecule has 1 saturated carbocycles. The van der Waals surface area contributed by atoms with E-state index in [4.69, 9.17) is 15.7 Å². The number of ether oxygens (including phenoxy) is 1. The Bertz CT molecular complexity index is 1290. The second-order valence-electron chi connectivity index (χ2n) is 9.58. The highest BCUT2D eigenvalue weighted by molar-refractivity contribution is 5.99. The van der Waals surface area contributed by atoms with Gasteiger partial charge in [0.05, 0.1) is 42.1 Å². The molecule has 1 aromatic carbocycles. The van der Waals surface area contributed by atoms with Crippen LogP contribution in [0.3, 0.4) is 0 Å². The number of benzene rings is 1. The Morgan fingerprint density at radius 3 is 2.77 bits per heavy atom. The molecule has 5 rings (SSSR count). The molecule has 1 aliphatic heterocycles. The normalized spacial score (nSPS) is 21.5. The number of pyridine rings is 2. The van der Waals surface area contributed by atoms with Crippen molar-refractivity contribution in [3.63, 3.8) is 0 Å². The van der Waals surface area contributed by atoms with Crippen molar-refractivity contribution in [2.75, 3.05) is 12.3 Å². The van der Waals surface area contributed by atoms with Crippen LogP contribution in [0.1, 0.15) is 71.5 Å². The SMILES string of the molecule is CC1OCc2c1c(N)nc1ccc(C(=O)N(Cc3ccc(C#N)cn3)CC3CCC(O)CC3)cc21. The Balaban J connectivity index is 1.46. The number of carbonyl (C=O) groups is 1. The molecule has 2 aliphatic rings. The monoisotopic (exact) mass is 471 g/mol. The van der Waals surface area contributed by atoms with Gasteiger partial charge in [-0.3, -0.25) is 9.78 Å². The fraction of sp³-hybridized carbons (Fsp3) is 0.407. The maximum absolute atomic E-state index is 13.8. The lowest BCUT2D eigenvalue weighted by Crippen LogP contribution is -2.37. The molecule has 3 aromatic rings. The molecule has 35 heavy (non-hydrogen) atoms. The molecule has 1 unspecified atom stereocenters. The van der Waals surface area contributed by atoms with Crippen molar-refractivity contribution in [2.24, 2.45) is 5.92 Å². The van der Waals surface area contributed by atoms with Gasteiger partial charge in [-0.05, 0) is 74.4 Å². The lowest BCUT2D eigenvalue weighted by Gasteiger charge is -2.31. The minimum absolute atomic E-state index is 0.0817. The van der Waals surface area contributed by atoms with Gasteiger partial charge in [0.15, 0.2) is 0 Å². The first-order valence-corrected chi connectivity index (χ1v) is 12.1. The Labute approximate surface area is 204 Å². The third kappa shape index (κ3) is 4.70. The number of aromatic nitrogens is 2. The molecule has 0 spiro atoms. The van der Waals surface area contributed by atoms with Crippen molar-refractivity contribution in [2.45, 2.75) is 58.0 Å². The van der Waals surface area contributed by atoms with Gasteiger partial charge >= 0.3 is 0 Å². The number of nitrogen functional groups attached to an aromatic ring is 1. The van der Waals surface area contributed by atoms with Crippen LogP contribution < -0.4 is 5.73 Å². The first-order valence-electron chi connectivity index (χ1n) is 12.1. The highest BCUT2D eigenvalue weighted by Crippen LogP contribution is 2.38. The largest absolute Gasteiger partial charge is 0.393 e. The molecule has 1 aliphatic carbocycles. The molecule has 1 amide bonds. The maximum Gasteiger partial charge on any atom is 0.254 e. The topological polar surface area (TPSA) is 125 Å². The Kier molecular flexibility index (Phi) is 6.37. The molecular formula is C27H29N5O3. The van der Waals surface area contributed by atoms with Crippen molar-refractivity contribution in [3.8, 4) is 6.07 Å². The van der Waals surface area contributed by atoms with Crippen LogP contribution in [0.4, 0.5) is 5.82 Å². The van der Waals surface area contributed by atoms with E-state index in [2.05, 4.69) is 16.0 Å². The van der Waals surface area contributed by atoms with Crippen molar-refractivity contribution >= 4 is 22.6 Å². The molecule has 1 fully saturated rings. The number of aliphatic hydroxyl groups is 1. The zero-order valence-corrected chi connectivity index (χ0v) is 19.8. The van der Waals surface area contributed by atoms with E-state index in [9.17, 15) is 9.90 Å². The fourth-order valence-corrected chi connectivity index (χ4v) is 5.22. The van der Waals surface area contributed by atoms with E-state index in [0.29, 0.717) is 42.6 Å². The van der Waals surface area contributed by atoms with Crippen LogP contribution in [-0.4, -0.2) is 38.5 Å². The summed E-state index contributed by atoms with van der Waals surface area (Å²) in [5.41, 5.74) is 10.6. The van der Waals surface area contributed by atoms with Crippen molar-refractivity contribution in [1.29, 1.82) is 5.26 Å². The maximum atomic E-state index is 13.8. The van der Waals surface area contributed by atoms with Gasteiger partial charge in [-0.15, -0.1) is 0 Å². The molecule has 180 valence electrons. The summed E-state index contributed by atoms with van der Waals surface area (Å²) in [7, 11) is 0. The van der Waals surface area contributed by atoms with Gasteiger partial charge in [0.25, 0.3) is 5.91 Å². The zero-order chi connectivity index (χ0) is 24.5. The smallest absolute Gasteiger partial charge is 0.254 e. The second-order valence-corrected chi connectivity index (χ2v) is 9.58. The molecule has 8 heteroatoms. The fourth-order valence-electron chi connectivity index (χ4n) is 5.22. The van der Waals surface area contributed by atoms with E-state index in [1.165, 1.54) is 6.20 Å². The highest BCUT2D eigenvalue weighted by atomic mass is 16.5. The lowest BCUT2D eigenvalue weighted by molar-refractivity contribution is 0.0634. The summed E-state index contributed by atoms with van der Waals surface area (Å²) in [5.74, 6) is 0.715. The van der Waals surface area contributed by atoms with Crippen LogP contribution in [0, 0.1) is 17.2 Å². The van der Waals surface area contributed by atoms with Gasteiger partial charge in [0.2, 0.25) is 0 Å². The molecule has 3 heterocycles. The number of amides is 1. The number of nitrogens with two attached hydrogens (primary N) is 1. The van der Waals surface area contributed by atoms with E-state index in [-0.39, 0.29) is 18.1 Å². The summed E-state index contributed by atoms with van der Waals surface area (Å²) in [4.78, 5) is 24.6. The molecule has 0 saturated heterocycles. The van der Waals surface area contributed by atoms with Gasteiger partial charge in [-0.1, -0.05) is 0 Å². The van der Waals surface area contributed by atoms with Gasteiger partial charge in [-0.25, -0.2) is 4.98 Å². The third-order valence-electron chi connectivity index (χ3n) is 7.18. The minimum Gasteiger partial charge on any atom is -0.393 e. The molecule has 2 aromatic heterocycles. The average Bonchev–Trinajstić information content (AvgIpc) is 3.27. The molecular weight excluding hydrogens is 442 g/mol. The van der Waals surface area contributed by atoms with Crippen molar-refractivity contribution < 1.29 is 14.6 Å². The van der Waals surface area contributed by atoms with Crippen LogP contribution in [0.5, 0.6) is 0 Å². The first kappa shape index (κ1) is 23.2. The van der Waals surface area contributed by atoms with Crippen LogP contribution in [-0.2, 0) is 17.9 Å². The number of rotatable bonds is 5. The molecule has 1 atom stereocenters. The first-order chi connectivity index (χ1) is 16.9. The molecule has 8 nitrogen and oxygen atoms in total. The van der Waals surface area contributed by atoms with Gasteiger partial charge in [0.1, 0.15) is 11.9 Å². The summed E-state index contributed by atoms with van der Waals surface area (Å²) in [6.45, 7) is 3.34. The molecule has 0 radical (unpaired) electrons. The highest BCUT2D eigenvalue weighted by Gasteiger charge is 2.28. The van der Waals surface area contributed by atoms with Crippen LogP contribution in [0.15, 0.2) is 36.5 Å². The zero-order valence-electron chi connectivity index (χ0n) is 19.8. The summed E-state index contributed by atoms with van der Waals surface area (Å²) < 4.78 is 5.80. The Morgan fingerprint density at radius 1 is 1.26 bits per heavy atom. The minimum atomic E-state index is -0.247. The predicted molar refractivity (Wildman–Crippen MR) is 131 cm³/mol. The summed E-state index contributed by atoms with van der Waals surface area (Å²) in [5, 5.41) is 19.9. The molecule has 0 bridgehead atoms. The predicted octanol–water partition coefficient (Wildman–Crippen LogP) is 3.87. The quantitative estimate of drug-likeness (QED) is 0.578. The van der Waals surface area contributed by atoms with Gasteiger partial charge in [0, 0.05) is 29.3 Å². The van der Waals surface area contributed by atoms with Crippen molar-refractivity contribution in [3.05, 3.63) is 64.5 Å². The number of carbonyl (C=O) groups excluding carboxylic acids is 1. The second kappa shape index (κ2) is 9.61. The Morgan fingerprint density at radius 2 is 2.06 bits per heavy atom.